The van der Waals surface area contributed by atoms with Crippen molar-refractivity contribution in [2.45, 2.75) is 0 Å². The molecule has 0 bridgehead atoms. The molecule has 0 saturated carbocycles. The predicted molar refractivity (Wildman–Crippen MR) is 79.2 cm³/mol. The van der Waals surface area contributed by atoms with Crippen molar-refractivity contribution in [3.8, 4) is 0 Å². The molecule has 1 fully saturated rings. The topological polar surface area (TPSA) is 75.0 Å². The van der Waals surface area contributed by atoms with Crippen molar-refractivity contribution in [2.24, 2.45) is 0 Å². The van der Waals surface area contributed by atoms with Crippen molar-refractivity contribution in [3.63, 3.8) is 0 Å². The molecule has 0 aromatic carbocycles. The second kappa shape index (κ2) is 5.12. The fraction of sp³-hybridized carbons (Fsp3) is 0.385. The number of pyridine rings is 1. The number of fused-ring (bicyclic) bond motifs is 1. The number of sulfonamides is 1. The Morgan fingerprint density at radius 3 is 2.52 bits per heavy atom. The molecule has 0 N–H and O–H groups in total. The molecule has 112 valence electrons. The van der Waals surface area contributed by atoms with Gasteiger partial charge >= 0.3 is 0 Å². The Balaban J connectivity index is 1.90. The predicted octanol–water partition coefficient (Wildman–Crippen LogP) is 0.228. The normalized spacial score (nSPS) is 17.3. The monoisotopic (exact) mass is 308 g/mol. The van der Waals surface area contributed by atoms with Crippen LogP contribution in [0.3, 0.4) is 0 Å². The molecule has 8 heteroatoms. The number of rotatable bonds is 3. The van der Waals surface area contributed by atoms with E-state index in [1.54, 1.807) is 10.6 Å². The molecule has 2 aromatic rings. The number of aromatic nitrogens is 2. The first-order valence-corrected chi connectivity index (χ1v) is 8.48. The number of imidazole rings is 1. The minimum Gasteiger partial charge on any atom is -0.352 e. The van der Waals surface area contributed by atoms with Gasteiger partial charge in [-0.2, -0.15) is 4.31 Å². The zero-order chi connectivity index (χ0) is 15.0. The summed E-state index contributed by atoms with van der Waals surface area (Å²) in [6.07, 6.45) is 3.80. The van der Waals surface area contributed by atoms with E-state index in [0.717, 1.165) is 6.29 Å². The Morgan fingerprint density at radius 2 is 1.90 bits per heavy atom. The van der Waals surface area contributed by atoms with Gasteiger partial charge in [-0.3, -0.25) is 9.20 Å². The number of hydrogen-bond donors (Lipinski definition) is 0. The van der Waals surface area contributed by atoms with Crippen molar-refractivity contribution < 1.29 is 13.2 Å². The maximum Gasteiger partial charge on any atom is 0.211 e. The van der Waals surface area contributed by atoms with Crippen molar-refractivity contribution in [2.75, 3.05) is 37.3 Å². The second-order valence-corrected chi connectivity index (χ2v) is 7.00. The van der Waals surface area contributed by atoms with Crippen molar-refractivity contribution in [1.29, 1.82) is 0 Å². The van der Waals surface area contributed by atoms with Crippen LogP contribution in [0.1, 0.15) is 10.5 Å². The summed E-state index contributed by atoms with van der Waals surface area (Å²) in [5, 5.41) is 0. The Bertz CT molecular complexity index is 776. The first-order chi connectivity index (χ1) is 10.0. The lowest BCUT2D eigenvalue weighted by Gasteiger charge is -2.33. The third-order valence-electron chi connectivity index (χ3n) is 3.67. The Morgan fingerprint density at radius 1 is 1.19 bits per heavy atom. The van der Waals surface area contributed by atoms with Crippen molar-refractivity contribution in [3.05, 3.63) is 30.1 Å². The van der Waals surface area contributed by atoms with Gasteiger partial charge in [0, 0.05) is 32.4 Å². The molecular formula is C13H16N4O3S. The Kier molecular flexibility index (Phi) is 3.42. The van der Waals surface area contributed by atoms with Crippen LogP contribution in [0.5, 0.6) is 0 Å². The lowest BCUT2D eigenvalue weighted by molar-refractivity contribution is 0.111. The van der Waals surface area contributed by atoms with Crippen LogP contribution in [0.15, 0.2) is 24.4 Å². The van der Waals surface area contributed by atoms with Crippen LogP contribution in [0.2, 0.25) is 0 Å². The van der Waals surface area contributed by atoms with Gasteiger partial charge in [-0.25, -0.2) is 13.4 Å². The van der Waals surface area contributed by atoms with Crippen LogP contribution in [0, 0.1) is 0 Å². The summed E-state index contributed by atoms with van der Waals surface area (Å²) in [4.78, 5) is 17.8. The smallest absolute Gasteiger partial charge is 0.211 e. The Labute approximate surface area is 122 Å². The van der Waals surface area contributed by atoms with Crippen molar-refractivity contribution in [1.82, 2.24) is 13.7 Å². The highest BCUT2D eigenvalue weighted by Crippen LogP contribution is 2.22. The van der Waals surface area contributed by atoms with Gasteiger partial charge in [-0.15, -0.1) is 0 Å². The lowest BCUT2D eigenvalue weighted by Crippen LogP contribution is -2.48. The van der Waals surface area contributed by atoms with Gasteiger partial charge in [0.2, 0.25) is 10.0 Å². The molecule has 21 heavy (non-hydrogen) atoms. The number of nitrogens with zero attached hydrogens (tertiary/aromatic N) is 4. The van der Waals surface area contributed by atoms with Crippen LogP contribution in [0.25, 0.3) is 5.65 Å². The summed E-state index contributed by atoms with van der Waals surface area (Å²) in [6, 6.07) is 5.54. The summed E-state index contributed by atoms with van der Waals surface area (Å²) < 4.78 is 26.2. The largest absolute Gasteiger partial charge is 0.352 e. The molecule has 0 atom stereocenters. The fourth-order valence-corrected chi connectivity index (χ4v) is 3.40. The van der Waals surface area contributed by atoms with Crippen LogP contribution in [0.4, 0.5) is 5.82 Å². The zero-order valence-corrected chi connectivity index (χ0v) is 12.5. The molecule has 1 aliphatic heterocycles. The third-order valence-corrected chi connectivity index (χ3v) is 4.97. The lowest BCUT2D eigenvalue weighted by atomic mass is 10.3. The minimum atomic E-state index is -3.16. The number of carbonyl (C=O) groups is 1. The van der Waals surface area contributed by atoms with E-state index in [1.165, 1.54) is 10.6 Å². The van der Waals surface area contributed by atoms with Gasteiger partial charge in [0.25, 0.3) is 0 Å². The third kappa shape index (κ3) is 2.52. The van der Waals surface area contributed by atoms with Crippen molar-refractivity contribution >= 4 is 27.8 Å². The molecule has 0 radical (unpaired) electrons. The van der Waals surface area contributed by atoms with E-state index in [4.69, 9.17) is 0 Å². The molecule has 2 aromatic heterocycles. The average Bonchev–Trinajstić information content (AvgIpc) is 2.85. The summed E-state index contributed by atoms with van der Waals surface area (Å²) in [6.45, 7) is 1.87. The van der Waals surface area contributed by atoms with Crippen LogP contribution >= 0.6 is 0 Å². The van der Waals surface area contributed by atoms with Gasteiger partial charge in [0.15, 0.2) is 12.1 Å². The molecule has 0 unspecified atom stereocenters. The van der Waals surface area contributed by atoms with E-state index in [0.29, 0.717) is 43.3 Å². The van der Waals surface area contributed by atoms with Crippen LogP contribution < -0.4 is 4.90 Å². The van der Waals surface area contributed by atoms with E-state index in [1.807, 2.05) is 23.1 Å². The first kappa shape index (κ1) is 14.0. The molecule has 3 heterocycles. The SMILES string of the molecule is CS(=O)(=O)N1CCN(c2nc3ccccn3c2C=O)CC1. The molecule has 1 aliphatic rings. The molecule has 7 nitrogen and oxygen atoms in total. The molecule has 3 rings (SSSR count). The quantitative estimate of drug-likeness (QED) is 0.759. The number of aldehydes is 1. The highest BCUT2D eigenvalue weighted by atomic mass is 32.2. The minimum absolute atomic E-state index is 0.408. The van der Waals surface area contributed by atoms with Gasteiger partial charge in [0.1, 0.15) is 11.3 Å². The van der Waals surface area contributed by atoms with Crippen LogP contribution in [-0.2, 0) is 10.0 Å². The highest BCUT2D eigenvalue weighted by Gasteiger charge is 2.26. The number of anilines is 1. The molecule has 1 saturated heterocycles. The first-order valence-electron chi connectivity index (χ1n) is 6.63. The van der Waals surface area contributed by atoms with Gasteiger partial charge in [-0.05, 0) is 12.1 Å². The molecule has 0 amide bonds. The maximum atomic E-state index is 11.5. The van der Waals surface area contributed by atoms with Gasteiger partial charge in [0.05, 0.1) is 6.26 Å². The zero-order valence-electron chi connectivity index (χ0n) is 11.6. The Hall–Kier alpha value is -1.93. The maximum absolute atomic E-state index is 11.5. The summed E-state index contributed by atoms with van der Waals surface area (Å²) >= 11 is 0. The van der Waals surface area contributed by atoms with E-state index in [2.05, 4.69) is 4.98 Å². The number of hydrogen-bond acceptors (Lipinski definition) is 5. The second-order valence-electron chi connectivity index (χ2n) is 5.02. The van der Waals surface area contributed by atoms with E-state index in [9.17, 15) is 13.2 Å². The van der Waals surface area contributed by atoms with Gasteiger partial charge in [-0.1, -0.05) is 6.07 Å². The van der Waals surface area contributed by atoms with E-state index in [-0.39, 0.29) is 0 Å². The van der Waals surface area contributed by atoms with Gasteiger partial charge < -0.3 is 4.90 Å². The molecule has 0 aliphatic carbocycles. The standard InChI is InChI=1S/C13H16N4O3S/c1-21(19,20)16-8-6-15(7-9-16)13-11(10-18)17-5-3-2-4-12(17)14-13/h2-5,10H,6-9H2,1H3. The fourth-order valence-electron chi connectivity index (χ4n) is 2.58. The number of piperazine rings is 1. The van der Waals surface area contributed by atoms with E-state index < -0.39 is 10.0 Å². The summed E-state index contributed by atoms with van der Waals surface area (Å²) in [5.74, 6) is 0.615. The number of carbonyl (C=O) groups excluding carboxylic acids is 1. The average molecular weight is 308 g/mol. The summed E-state index contributed by atoms with van der Waals surface area (Å²) in [5.41, 5.74) is 1.21. The van der Waals surface area contributed by atoms with E-state index >= 15 is 0 Å². The van der Waals surface area contributed by atoms with Crippen LogP contribution in [-0.4, -0.2) is 60.8 Å². The molecular weight excluding hydrogens is 292 g/mol. The molecule has 0 spiro atoms. The summed E-state index contributed by atoms with van der Waals surface area (Å²) in [7, 11) is -3.16. The highest BCUT2D eigenvalue weighted by molar-refractivity contribution is 7.88.